The van der Waals surface area contributed by atoms with E-state index in [1.54, 1.807) is 6.92 Å². The number of sulfonamides is 1. The van der Waals surface area contributed by atoms with Crippen LogP contribution in [0.5, 0.6) is 11.5 Å². The summed E-state index contributed by atoms with van der Waals surface area (Å²) >= 11 is 6.39. The van der Waals surface area contributed by atoms with E-state index in [2.05, 4.69) is 5.32 Å². The van der Waals surface area contributed by atoms with E-state index in [0.717, 1.165) is 0 Å². The summed E-state index contributed by atoms with van der Waals surface area (Å²) in [5.74, 6) is -1.11. The van der Waals surface area contributed by atoms with E-state index in [1.165, 1.54) is 35.7 Å². The lowest BCUT2D eigenvalue weighted by Gasteiger charge is -2.27. The number of methoxy groups -OCH3 is 1. The lowest BCUT2D eigenvalue weighted by atomic mass is 10.1. The minimum atomic E-state index is -3.99. The quantitative estimate of drug-likeness (QED) is 0.636. The minimum Gasteiger partial charge on any atom is -0.465 e. The van der Waals surface area contributed by atoms with E-state index in [1.807, 2.05) is 0 Å². The van der Waals surface area contributed by atoms with Gasteiger partial charge in [0.25, 0.3) is 0 Å². The molecular weight excluding hydrogens is 480 g/mol. The number of fused-ring (bicyclic) bond motifs is 2. The molecule has 172 valence electrons. The van der Waals surface area contributed by atoms with Gasteiger partial charge in [-0.15, -0.1) is 0 Å². The first-order valence-corrected chi connectivity index (χ1v) is 13.2. The zero-order chi connectivity index (χ0) is 23.3. The molecule has 2 aliphatic rings. The van der Waals surface area contributed by atoms with Gasteiger partial charge in [-0.2, -0.15) is 4.31 Å². The van der Waals surface area contributed by atoms with Crippen molar-refractivity contribution in [2.45, 2.75) is 22.5 Å². The van der Waals surface area contributed by atoms with E-state index >= 15 is 0 Å². The number of aryl methyl sites for hydroxylation is 1. The fraction of sp³-hybridized carbons (Fsp3) is 0.350. The average molecular weight is 501 g/mol. The fourth-order valence-electron chi connectivity index (χ4n) is 3.75. The van der Waals surface area contributed by atoms with Gasteiger partial charge in [0.2, 0.25) is 10.0 Å². The van der Waals surface area contributed by atoms with Gasteiger partial charge in [-0.1, -0.05) is 11.6 Å². The number of hydrogen-bond acceptors (Lipinski definition) is 8. The third-order valence-corrected chi connectivity index (χ3v) is 9.18. The Morgan fingerprint density at radius 3 is 2.50 bits per heavy atom. The molecule has 32 heavy (non-hydrogen) atoms. The van der Waals surface area contributed by atoms with Crippen molar-refractivity contribution >= 4 is 37.4 Å². The van der Waals surface area contributed by atoms with Gasteiger partial charge in [-0.3, -0.25) is 0 Å². The van der Waals surface area contributed by atoms with Crippen molar-refractivity contribution in [1.82, 2.24) is 9.62 Å². The number of carbonyl (C=O) groups excluding carboxylic acids is 1. The molecule has 1 N–H and O–H groups in total. The van der Waals surface area contributed by atoms with E-state index in [0.29, 0.717) is 31.7 Å². The molecule has 2 aromatic carbocycles. The van der Waals surface area contributed by atoms with E-state index in [4.69, 9.17) is 21.1 Å². The van der Waals surface area contributed by atoms with Gasteiger partial charge in [-0.25, -0.2) is 21.6 Å². The van der Waals surface area contributed by atoms with Gasteiger partial charge in [0, 0.05) is 31.7 Å². The first-order chi connectivity index (χ1) is 15.0. The molecule has 0 amide bonds. The van der Waals surface area contributed by atoms with Crippen molar-refractivity contribution in [2.75, 3.05) is 33.3 Å². The Hall–Kier alpha value is -2.18. The van der Waals surface area contributed by atoms with Crippen LogP contribution in [0.25, 0.3) is 0 Å². The highest BCUT2D eigenvalue weighted by atomic mass is 35.5. The third-order valence-electron chi connectivity index (χ3n) is 5.35. The van der Waals surface area contributed by atoms with E-state index in [-0.39, 0.29) is 37.4 Å². The molecule has 0 radical (unpaired) electrons. The molecule has 2 aromatic rings. The highest BCUT2D eigenvalue weighted by Crippen LogP contribution is 2.44. The largest absolute Gasteiger partial charge is 0.465 e. The predicted molar refractivity (Wildman–Crippen MR) is 117 cm³/mol. The number of nitrogens with zero attached hydrogens (tertiary/aromatic N) is 1. The number of ether oxygens (including phenoxy) is 2. The zero-order valence-corrected chi connectivity index (χ0v) is 19.7. The molecule has 0 aromatic heterocycles. The van der Waals surface area contributed by atoms with Crippen LogP contribution in [0.3, 0.4) is 0 Å². The molecule has 12 heteroatoms. The number of sulfone groups is 1. The molecule has 0 bridgehead atoms. The summed E-state index contributed by atoms with van der Waals surface area (Å²) in [5.41, 5.74) is 0.587. The number of benzene rings is 2. The lowest BCUT2D eigenvalue weighted by molar-refractivity contribution is 0.0600. The maximum Gasteiger partial charge on any atom is 0.337 e. The Morgan fingerprint density at radius 2 is 1.84 bits per heavy atom. The second-order valence-electron chi connectivity index (χ2n) is 7.52. The Labute approximate surface area is 191 Å². The summed E-state index contributed by atoms with van der Waals surface area (Å²) in [6.45, 7) is 3.24. The highest BCUT2D eigenvalue weighted by Gasteiger charge is 2.33. The van der Waals surface area contributed by atoms with Crippen molar-refractivity contribution in [2.24, 2.45) is 0 Å². The number of halogens is 1. The summed E-state index contributed by atoms with van der Waals surface area (Å²) in [5, 5.41) is 3.07. The predicted octanol–water partition coefficient (Wildman–Crippen LogP) is 2.11. The van der Waals surface area contributed by atoms with Crippen LogP contribution in [-0.4, -0.2) is 60.4 Å². The van der Waals surface area contributed by atoms with Crippen LogP contribution in [0.15, 0.2) is 34.1 Å². The molecule has 1 fully saturated rings. The summed E-state index contributed by atoms with van der Waals surface area (Å²) in [4.78, 5) is 11.7. The molecule has 0 unspecified atom stereocenters. The summed E-state index contributed by atoms with van der Waals surface area (Å²) < 4.78 is 64.5. The Morgan fingerprint density at radius 1 is 1.16 bits per heavy atom. The lowest BCUT2D eigenvalue weighted by Crippen LogP contribution is -2.46. The monoisotopic (exact) mass is 500 g/mol. The Kier molecular flexibility index (Phi) is 5.97. The van der Waals surface area contributed by atoms with Gasteiger partial charge < -0.3 is 14.8 Å². The first kappa shape index (κ1) is 23.0. The fourth-order valence-corrected chi connectivity index (χ4v) is 7.18. The molecule has 0 aliphatic carbocycles. The molecule has 2 aliphatic heterocycles. The van der Waals surface area contributed by atoms with Gasteiger partial charge in [-0.05, 0) is 36.8 Å². The van der Waals surface area contributed by atoms with Gasteiger partial charge in [0.05, 0.1) is 28.3 Å². The van der Waals surface area contributed by atoms with Crippen LogP contribution in [-0.2, 0) is 30.4 Å². The smallest absolute Gasteiger partial charge is 0.337 e. The molecule has 4 rings (SSSR count). The third kappa shape index (κ3) is 3.99. The second kappa shape index (κ2) is 8.31. The van der Waals surface area contributed by atoms with Crippen molar-refractivity contribution in [3.8, 4) is 11.5 Å². The van der Waals surface area contributed by atoms with Crippen molar-refractivity contribution in [3.05, 3.63) is 46.0 Å². The summed E-state index contributed by atoms with van der Waals surface area (Å²) in [6.07, 6.45) is 0. The number of carbonyl (C=O) groups is 1. The molecule has 0 atom stereocenters. The van der Waals surface area contributed by atoms with E-state index < -0.39 is 31.6 Å². The molecular formula is C20H21ClN2O7S2. The van der Waals surface area contributed by atoms with Gasteiger partial charge in [0.15, 0.2) is 9.84 Å². The Balaban J connectivity index is 1.84. The molecule has 9 nitrogen and oxygen atoms in total. The number of rotatable bonds is 3. The molecule has 0 spiro atoms. The van der Waals surface area contributed by atoms with Gasteiger partial charge in [0.1, 0.15) is 16.4 Å². The number of nitrogens with one attached hydrogen (secondary N) is 1. The number of piperazine rings is 1. The second-order valence-corrected chi connectivity index (χ2v) is 11.8. The van der Waals surface area contributed by atoms with Crippen LogP contribution in [0.1, 0.15) is 21.5 Å². The van der Waals surface area contributed by atoms with Crippen LogP contribution >= 0.6 is 11.6 Å². The molecule has 2 heterocycles. The maximum absolute atomic E-state index is 13.2. The topological polar surface area (TPSA) is 119 Å². The number of esters is 1. The SMILES string of the molecule is COC(=O)c1cc(C)c2c(c1)S(=O)(=O)Cc1cc(S(=O)(=O)N3CCNCC3)cc(Cl)c1O2. The molecule has 0 saturated carbocycles. The van der Waals surface area contributed by atoms with Gasteiger partial charge >= 0.3 is 5.97 Å². The van der Waals surface area contributed by atoms with Crippen LogP contribution in [0, 0.1) is 6.92 Å². The standard InChI is InChI=1S/C20H21ClN2O7S2/c1-12-7-13(20(24)29-2)9-17-18(12)30-19-14(11-31(17,25)26)8-15(10-16(19)21)32(27,28)23-5-3-22-4-6-23/h7-10,22H,3-6,11H2,1-2H3. The Bertz CT molecular complexity index is 1320. The van der Waals surface area contributed by atoms with Crippen LogP contribution < -0.4 is 10.1 Å². The number of hydrogen-bond donors (Lipinski definition) is 1. The van der Waals surface area contributed by atoms with Crippen molar-refractivity contribution in [3.63, 3.8) is 0 Å². The summed E-state index contributed by atoms with van der Waals surface area (Å²) in [6, 6.07) is 5.22. The van der Waals surface area contributed by atoms with E-state index in [9.17, 15) is 21.6 Å². The average Bonchev–Trinajstić information content (AvgIpc) is 2.87. The maximum atomic E-state index is 13.2. The van der Waals surface area contributed by atoms with Crippen molar-refractivity contribution < 1.29 is 31.1 Å². The van der Waals surface area contributed by atoms with Crippen LogP contribution in [0.2, 0.25) is 5.02 Å². The normalized spacial score (nSPS) is 18.1. The highest BCUT2D eigenvalue weighted by molar-refractivity contribution is 7.90. The van der Waals surface area contributed by atoms with Crippen molar-refractivity contribution in [1.29, 1.82) is 0 Å². The zero-order valence-electron chi connectivity index (χ0n) is 17.3. The first-order valence-electron chi connectivity index (χ1n) is 9.71. The minimum absolute atomic E-state index is 0.0179. The van der Waals surface area contributed by atoms with Crippen LogP contribution in [0.4, 0.5) is 0 Å². The molecule has 1 saturated heterocycles. The summed E-state index contributed by atoms with van der Waals surface area (Å²) in [7, 11) is -6.66.